The molecule has 4 bridgehead atoms. The van der Waals surface area contributed by atoms with Crippen LogP contribution in [0.4, 0.5) is 0 Å². The number of carbonyl (C=O) groups excluding carboxylic acids is 2. The van der Waals surface area contributed by atoms with E-state index in [-0.39, 0.29) is 22.6 Å². The lowest BCUT2D eigenvalue weighted by molar-refractivity contribution is 0.0391. The van der Waals surface area contributed by atoms with Gasteiger partial charge >= 0.3 is 17.9 Å². The Balaban J connectivity index is 2.26. The summed E-state index contributed by atoms with van der Waals surface area (Å²) in [7, 11) is 0. The van der Waals surface area contributed by atoms with Crippen LogP contribution in [0.2, 0.25) is 0 Å². The van der Waals surface area contributed by atoms with Crippen LogP contribution in [0.25, 0.3) is 0 Å². The van der Waals surface area contributed by atoms with Crippen LogP contribution in [0.5, 0.6) is 0 Å². The summed E-state index contributed by atoms with van der Waals surface area (Å²) in [5, 5.41) is 9.24. The highest BCUT2D eigenvalue weighted by atomic mass is 16.6. The number of esters is 2. The molecule has 116 valence electrons. The minimum atomic E-state index is -1.24. The molecule has 0 fully saturated rings. The van der Waals surface area contributed by atoms with Crippen LogP contribution in [0.1, 0.15) is 61.5 Å². The highest BCUT2D eigenvalue weighted by Gasteiger charge is 2.25. The third kappa shape index (κ3) is 2.61. The molecule has 3 rings (SSSR count). The highest BCUT2D eigenvalue weighted by molar-refractivity contribution is 6.08. The number of hydrogen-bond donors (Lipinski definition) is 1. The topological polar surface area (TPSA) is 80.7 Å². The van der Waals surface area contributed by atoms with Gasteiger partial charge in [-0.2, -0.15) is 0 Å². The lowest BCUT2D eigenvalue weighted by Gasteiger charge is -2.19. The quantitative estimate of drug-likeness (QED) is 0.680. The number of cyclic esters (lactones) is 2. The van der Waals surface area contributed by atoms with Crippen molar-refractivity contribution in [2.45, 2.75) is 19.3 Å². The van der Waals surface area contributed by atoms with Crippen LogP contribution in [0.3, 0.4) is 0 Å². The Labute approximate surface area is 132 Å². The van der Waals surface area contributed by atoms with Crippen molar-refractivity contribution in [3.63, 3.8) is 0 Å². The predicted molar refractivity (Wildman–Crippen MR) is 81.7 cm³/mol. The maximum absolute atomic E-state index is 12.2. The Morgan fingerprint density at radius 1 is 1.09 bits per heavy atom. The van der Waals surface area contributed by atoms with E-state index >= 15 is 0 Å². The largest absolute Gasteiger partial charge is 0.478 e. The van der Waals surface area contributed by atoms with Gasteiger partial charge in [-0.3, -0.25) is 0 Å². The number of fused-ring (bicyclic) bond motifs is 4. The molecule has 0 spiro atoms. The third-order valence-electron chi connectivity index (χ3n) is 4.01. The van der Waals surface area contributed by atoms with Crippen LogP contribution >= 0.6 is 0 Å². The number of ether oxygens (including phenoxy) is 1. The summed E-state index contributed by atoms with van der Waals surface area (Å²) in [5.74, 6) is -3.00. The first-order valence-corrected chi connectivity index (χ1v) is 7.25. The molecule has 5 nitrogen and oxygen atoms in total. The summed E-state index contributed by atoms with van der Waals surface area (Å²) in [4.78, 5) is 35.6. The van der Waals surface area contributed by atoms with Gasteiger partial charge in [0.1, 0.15) is 0 Å². The van der Waals surface area contributed by atoms with Crippen LogP contribution in [-0.2, 0) is 4.74 Å². The monoisotopic (exact) mass is 310 g/mol. The van der Waals surface area contributed by atoms with E-state index in [2.05, 4.69) is 0 Å². The van der Waals surface area contributed by atoms with Crippen LogP contribution < -0.4 is 0 Å². The zero-order valence-electron chi connectivity index (χ0n) is 12.4. The number of carbonyl (C=O) groups is 3. The Morgan fingerprint density at radius 3 is 2.52 bits per heavy atom. The van der Waals surface area contributed by atoms with Crippen molar-refractivity contribution in [2.24, 2.45) is 0 Å². The van der Waals surface area contributed by atoms with E-state index in [4.69, 9.17) is 4.74 Å². The van der Waals surface area contributed by atoms with E-state index in [1.807, 2.05) is 13.0 Å². The smallest absolute Gasteiger partial charge is 0.346 e. The molecule has 2 aromatic rings. The summed E-state index contributed by atoms with van der Waals surface area (Å²) >= 11 is 0. The molecule has 0 saturated carbocycles. The fourth-order valence-corrected chi connectivity index (χ4v) is 2.88. The molecular weight excluding hydrogens is 296 g/mol. The summed E-state index contributed by atoms with van der Waals surface area (Å²) in [5.41, 5.74) is 1.73. The molecular formula is C18H14O5. The maximum Gasteiger partial charge on any atom is 0.346 e. The average molecular weight is 310 g/mol. The lowest BCUT2D eigenvalue weighted by atomic mass is 9.86. The molecule has 1 N–H and O–H groups in total. The van der Waals surface area contributed by atoms with E-state index in [0.29, 0.717) is 0 Å². The van der Waals surface area contributed by atoms with Gasteiger partial charge in [0.15, 0.2) is 0 Å². The number of rotatable bonds is 2. The normalized spacial score (nSPS) is 16.7. The lowest BCUT2D eigenvalue weighted by Crippen LogP contribution is -2.18. The van der Waals surface area contributed by atoms with Crippen molar-refractivity contribution in [3.05, 3.63) is 70.3 Å². The molecule has 1 aliphatic rings. The number of carboxylic acid groups (broad SMARTS) is 1. The zero-order chi connectivity index (χ0) is 16.6. The van der Waals surface area contributed by atoms with E-state index in [0.717, 1.165) is 17.5 Å². The number of aromatic carboxylic acids is 1. The fraction of sp³-hybridized carbons (Fsp3) is 0.167. The van der Waals surface area contributed by atoms with Gasteiger partial charge in [0.25, 0.3) is 0 Å². The Kier molecular flexibility index (Phi) is 3.70. The average Bonchev–Trinajstić information content (AvgIpc) is 2.54. The predicted octanol–water partition coefficient (Wildman–Crippen LogP) is 3.24. The molecule has 1 heterocycles. The molecule has 0 aromatic heterocycles. The first-order chi connectivity index (χ1) is 11.0. The van der Waals surface area contributed by atoms with E-state index in [9.17, 15) is 19.5 Å². The number of carboxylic acids is 1. The SMILES string of the molecule is CCC1c2cccc(c2)C(=O)OC(=O)c2cc1ccc2C(=O)O. The van der Waals surface area contributed by atoms with Crippen LogP contribution in [0.15, 0.2) is 42.5 Å². The minimum absolute atomic E-state index is 0.0322. The van der Waals surface area contributed by atoms with Gasteiger partial charge in [-0.15, -0.1) is 0 Å². The second kappa shape index (κ2) is 5.68. The van der Waals surface area contributed by atoms with Gasteiger partial charge in [0.05, 0.1) is 16.7 Å². The van der Waals surface area contributed by atoms with Gasteiger partial charge in [0.2, 0.25) is 0 Å². The van der Waals surface area contributed by atoms with Gasteiger partial charge in [-0.25, -0.2) is 14.4 Å². The zero-order valence-corrected chi connectivity index (χ0v) is 12.4. The molecule has 2 aromatic carbocycles. The van der Waals surface area contributed by atoms with E-state index in [1.165, 1.54) is 12.1 Å². The van der Waals surface area contributed by atoms with Crippen LogP contribution in [0, 0.1) is 0 Å². The summed E-state index contributed by atoms with van der Waals surface area (Å²) in [6.45, 7) is 1.99. The van der Waals surface area contributed by atoms with E-state index in [1.54, 1.807) is 24.3 Å². The molecule has 1 aliphatic heterocycles. The Bertz CT molecular complexity index is 822. The molecule has 1 atom stereocenters. The number of benzene rings is 2. The van der Waals surface area contributed by atoms with Gasteiger partial charge in [0, 0.05) is 5.92 Å². The maximum atomic E-state index is 12.2. The summed E-state index contributed by atoms with van der Waals surface area (Å²) in [6.07, 6.45) is 0.749. The number of hydrogen-bond acceptors (Lipinski definition) is 4. The second-order valence-electron chi connectivity index (χ2n) is 5.37. The molecule has 0 radical (unpaired) electrons. The van der Waals surface area contributed by atoms with Gasteiger partial charge < -0.3 is 9.84 Å². The van der Waals surface area contributed by atoms with Crippen molar-refractivity contribution in [1.29, 1.82) is 0 Å². The highest BCUT2D eigenvalue weighted by Crippen LogP contribution is 2.31. The third-order valence-corrected chi connectivity index (χ3v) is 4.01. The molecule has 5 heteroatoms. The summed E-state index contributed by atoms with van der Waals surface area (Å²) < 4.78 is 4.82. The van der Waals surface area contributed by atoms with Crippen LogP contribution in [-0.4, -0.2) is 23.0 Å². The molecule has 0 amide bonds. The fourth-order valence-electron chi connectivity index (χ4n) is 2.88. The van der Waals surface area contributed by atoms with Crippen molar-refractivity contribution >= 4 is 17.9 Å². The van der Waals surface area contributed by atoms with Crippen molar-refractivity contribution in [2.75, 3.05) is 0 Å². The van der Waals surface area contributed by atoms with Gasteiger partial charge in [-0.05, 0) is 41.8 Å². The first-order valence-electron chi connectivity index (χ1n) is 7.25. The van der Waals surface area contributed by atoms with Gasteiger partial charge in [-0.1, -0.05) is 25.1 Å². The second-order valence-corrected chi connectivity index (χ2v) is 5.37. The first kappa shape index (κ1) is 15.0. The van der Waals surface area contributed by atoms with Crippen molar-refractivity contribution in [3.8, 4) is 0 Å². The summed E-state index contributed by atoms with van der Waals surface area (Å²) in [6, 6.07) is 11.5. The Morgan fingerprint density at radius 2 is 1.83 bits per heavy atom. The van der Waals surface area contributed by atoms with Crippen molar-refractivity contribution in [1.82, 2.24) is 0 Å². The molecule has 0 saturated heterocycles. The molecule has 1 unspecified atom stereocenters. The molecule has 0 aliphatic carbocycles. The minimum Gasteiger partial charge on any atom is -0.478 e. The molecule has 23 heavy (non-hydrogen) atoms. The Hall–Kier alpha value is -2.95. The van der Waals surface area contributed by atoms with E-state index < -0.39 is 17.9 Å². The van der Waals surface area contributed by atoms with Crippen molar-refractivity contribution < 1.29 is 24.2 Å². The standard InChI is InChI=1S/C18H14O5/c1-2-13-10-4-3-5-12(8-10)17(21)23-18(22)15-9-11(13)6-7-14(15)16(19)20/h3-9,13H,2H2,1H3,(H,19,20).